The van der Waals surface area contributed by atoms with Crippen LogP contribution >= 0.6 is 0 Å². The second-order valence-electron chi connectivity index (χ2n) is 8.43. The summed E-state index contributed by atoms with van der Waals surface area (Å²) in [6.45, 7) is 12.4. The third kappa shape index (κ3) is 10.2. The average Bonchev–Trinajstić information content (AvgIpc) is 2.64. The molecule has 0 fully saturated rings. The molecule has 1 aromatic rings. The maximum absolute atomic E-state index is 12.0. The summed E-state index contributed by atoms with van der Waals surface area (Å²) < 4.78 is 17.3. The van der Waals surface area contributed by atoms with Gasteiger partial charge in [-0.1, -0.05) is 31.9 Å². The van der Waals surface area contributed by atoms with Gasteiger partial charge in [-0.15, -0.1) is 0 Å². The van der Waals surface area contributed by atoms with Gasteiger partial charge in [-0.25, -0.2) is 9.59 Å². The van der Waals surface area contributed by atoms with Crippen LogP contribution in [-0.4, -0.2) is 53.5 Å². The zero-order valence-corrected chi connectivity index (χ0v) is 20.5. The second kappa shape index (κ2) is 12.3. The molecule has 1 aromatic carbocycles. The Morgan fingerprint density at radius 2 is 1.48 bits per heavy atom. The summed E-state index contributed by atoms with van der Waals surface area (Å²) in [7, 11) is -3.27. The van der Waals surface area contributed by atoms with Crippen molar-refractivity contribution in [3.63, 3.8) is 0 Å². The minimum absolute atomic E-state index is 0.0553. The Hall–Kier alpha value is -1.49. The number of hydrogen-bond donors (Lipinski definition) is 1. The molecule has 0 saturated carbocycles. The van der Waals surface area contributed by atoms with Crippen LogP contribution in [0.2, 0.25) is 38.3 Å². The maximum Gasteiger partial charge on any atom is 0.339 e. The van der Waals surface area contributed by atoms with E-state index in [1.54, 1.807) is 12.1 Å². The molecule has 8 heteroatoms. The Morgan fingerprint density at radius 1 is 0.897 bits per heavy atom. The summed E-state index contributed by atoms with van der Waals surface area (Å²) in [6, 6.07) is 8.28. The first-order chi connectivity index (χ1) is 13.6. The quantitative estimate of drug-likeness (QED) is 0.244. The number of rotatable bonds is 14. The number of carboxylic acid groups (broad SMARTS) is 1. The summed E-state index contributed by atoms with van der Waals surface area (Å²) in [5.74, 6) is -1.79. The highest BCUT2D eigenvalue weighted by molar-refractivity contribution is 6.84. The molecular formula is C21H36O6Si2. The van der Waals surface area contributed by atoms with Crippen LogP contribution < -0.4 is 0 Å². The highest BCUT2D eigenvalue weighted by atomic mass is 28.4. The van der Waals surface area contributed by atoms with Crippen LogP contribution in [0.25, 0.3) is 0 Å². The van der Waals surface area contributed by atoms with Crippen LogP contribution in [0.15, 0.2) is 24.3 Å². The maximum atomic E-state index is 12.0. The third-order valence-corrected chi connectivity index (χ3v) is 12.1. The van der Waals surface area contributed by atoms with E-state index in [1.807, 2.05) is 0 Å². The molecule has 0 aromatic heterocycles. The smallest absolute Gasteiger partial charge is 0.339 e. The van der Waals surface area contributed by atoms with E-state index in [9.17, 15) is 9.59 Å². The van der Waals surface area contributed by atoms with Crippen LogP contribution in [0.3, 0.4) is 0 Å². The number of carbonyl (C=O) groups is 2. The van der Waals surface area contributed by atoms with Crippen molar-refractivity contribution in [2.75, 3.05) is 19.8 Å². The SMILES string of the molecule is CCCC[Si](C)(C)O[Si](C)(C)CCCOCCOC(=O)c1ccccc1C(=O)O. The molecule has 6 nitrogen and oxygen atoms in total. The molecule has 0 aliphatic heterocycles. The van der Waals surface area contributed by atoms with E-state index >= 15 is 0 Å². The first-order valence-corrected chi connectivity index (χ1v) is 16.6. The van der Waals surface area contributed by atoms with Crippen LogP contribution in [0.1, 0.15) is 46.9 Å². The molecule has 0 aliphatic rings. The van der Waals surface area contributed by atoms with E-state index in [0.29, 0.717) is 13.2 Å². The fourth-order valence-corrected chi connectivity index (χ4v) is 12.3. The fraction of sp³-hybridized carbons (Fsp3) is 0.619. The minimum atomic E-state index is -1.70. The number of hydrogen-bond acceptors (Lipinski definition) is 5. The van der Waals surface area contributed by atoms with Gasteiger partial charge in [0.25, 0.3) is 0 Å². The van der Waals surface area contributed by atoms with Gasteiger partial charge in [0.1, 0.15) is 6.61 Å². The predicted octanol–water partition coefficient (Wildman–Crippen LogP) is 5.18. The van der Waals surface area contributed by atoms with Gasteiger partial charge in [0.15, 0.2) is 16.6 Å². The van der Waals surface area contributed by atoms with Crippen LogP contribution in [-0.2, 0) is 13.6 Å². The van der Waals surface area contributed by atoms with Gasteiger partial charge >= 0.3 is 11.9 Å². The van der Waals surface area contributed by atoms with E-state index in [0.717, 1.165) is 12.5 Å². The number of esters is 1. The largest absolute Gasteiger partial charge is 0.478 e. The van der Waals surface area contributed by atoms with Crippen molar-refractivity contribution in [3.05, 3.63) is 35.4 Å². The van der Waals surface area contributed by atoms with Gasteiger partial charge < -0.3 is 18.7 Å². The Labute approximate surface area is 176 Å². The van der Waals surface area contributed by atoms with E-state index in [-0.39, 0.29) is 17.7 Å². The number of carboxylic acids is 1. The zero-order chi connectivity index (χ0) is 21.9. The van der Waals surface area contributed by atoms with Crippen LogP contribution in [0.4, 0.5) is 0 Å². The lowest BCUT2D eigenvalue weighted by Gasteiger charge is -2.34. The van der Waals surface area contributed by atoms with Gasteiger partial charge in [-0.05, 0) is 56.8 Å². The summed E-state index contributed by atoms with van der Waals surface area (Å²) in [5.41, 5.74) is -0.00391. The Kier molecular flexibility index (Phi) is 10.8. The molecule has 0 bridgehead atoms. The first-order valence-electron chi connectivity index (χ1n) is 10.4. The van der Waals surface area contributed by atoms with Crippen molar-refractivity contribution in [1.29, 1.82) is 0 Å². The predicted molar refractivity (Wildman–Crippen MR) is 120 cm³/mol. The van der Waals surface area contributed by atoms with E-state index < -0.39 is 28.6 Å². The lowest BCUT2D eigenvalue weighted by molar-refractivity contribution is 0.0313. The fourth-order valence-electron chi connectivity index (χ4n) is 3.27. The Balaban J connectivity index is 2.26. The van der Waals surface area contributed by atoms with Gasteiger partial charge in [0.05, 0.1) is 17.7 Å². The molecular weight excluding hydrogens is 404 g/mol. The molecule has 0 saturated heterocycles. The molecule has 29 heavy (non-hydrogen) atoms. The molecule has 0 aliphatic carbocycles. The Morgan fingerprint density at radius 3 is 2.07 bits per heavy atom. The highest BCUT2D eigenvalue weighted by Gasteiger charge is 2.32. The molecule has 0 heterocycles. The lowest BCUT2D eigenvalue weighted by atomic mass is 10.1. The van der Waals surface area contributed by atoms with E-state index in [4.69, 9.17) is 18.7 Å². The van der Waals surface area contributed by atoms with Gasteiger partial charge in [-0.3, -0.25) is 0 Å². The monoisotopic (exact) mass is 440 g/mol. The molecule has 0 spiro atoms. The van der Waals surface area contributed by atoms with Crippen LogP contribution in [0, 0.1) is 0 Å². The molecule has 1 rings (SSSR count). The standard InChI is InChI=1S/C21H36O6Si2/c1-6-7-16-28(2,3)27-29(4,5)17-10-13-25-14-15-26-21(24)19-12-9-8-11-18(19)20(22)23/h8-9,11-12H,6-7,10,13-17H2,1-5H3,(H,22,23). The van der Waals surface area contributed by atoms with Gasteiger partial charge in [-0.2, -0.15) is 0 Å². The normalized spacial score (nSPS) is 12.0. The summed E-state index contributed by atoms with van der Waals surface area (Å²) >= 11 is 0. The number of carbonyl (C=O) groups excluding carboxylic acids is 1. The van der Waals surface area contributed by atoms with Crippen molar-refractivity contribution in [2.45, 2.75) is 64.5 Å². The third-order valence-electron chi connectivity index (χ3n) is 4.59. The van der Waals surface area contributed by atoms with Crippen molar-refractivity contribution in [1.82, 2.24) is 0 Å². The summed E-state index contributed by atoms with van der Waals surface area (Å²) in [4.78, 5) is 23.2. The van der Waals surface area contributed by atoms with E-state index in [2.05, 4.69) is 33.1 Å². The van der Waals surface area contributed by atoms with Crippen molar-refractivity contribution in [2.24, 2.45) is 0 Å². The molecule has 164 valence electrons. The molecule has 0 amide bonds. The number of unbranched alkanes of at least 4 members (excludes halogenated alkanes) is 1. The highest BCUT2D eigenvalue weighted by Crippen LogP contribution is 2.24. The molecule has 0 unspecified atom stereocenters. The van der Waals surface area contributed by atoms with Crippen molar-refractivity contribution >= 4 is 28.6 Å². The Bertz CT molecular complexity index is 660. The van der Waals surface area contributed by atoms with Gasteiger partial charge in [0, 0.05) is 6.61 Å². The topological polar surface area (TPSA) is 82.1 Å². The van der Waals surface area contributed by atoms with E-state index in [1.165, 1.54) is 31.0 Å². The zero-order valence-electron chi connectivity index (χ0n) is 18.5. The number of ether oxygens (including phenoxy) is 2. The number of benzene rings is 1. The summed E-state index contributed by atoms with van der Waals surface area (Å²) in [5, 5.41) is 9.13. The van der Waals surface area contributed by atoms with Gasteiger partial charge in [0.2, 0.25) is 0 Å². The number of aromatic carboxylic acids is 1. The van der Waals surface area contributed by atoms with Crippen LogP contribution in [0.5, 0.6) is 0 Å². The molecule has 1 N–H and O–H groups in total. The molecule has 0 radical (unpaired) electrons. The second-order valence-corrected chi connectivity index (χ2v) is 17.3. The lowest BCUT2D eigenvalue weighted by Crippen LogP contribution is -2.44. The first kappa shape index (κ1) is 25.6. The van der Waals surface area contributed by atoms with Crippen molar-refractivity contribution < 1.29 is 28.3 Å². The van der Waals surface area contributed by atoms with Crippen molar-refractivity contribution in [3.8, 4) is 0 Å². The molecule has 0 atom stereocenters. The summed E-state index contributed by atoms with van der Waals surface area (Å²) in [6.07, 6.45) is 3.37. The average molecular weight is 441 g/mol. The minimum Gasteiger partial charge on any atom is -0.478 e.